The summed E-state index contributed by atoms with van der Waals surface area (Å²) in [5.41, 5.74) is 0.734. The standard InChI is InChI=1S/C15H23ClN2O2/c1-2-3-4-5-10-17-15(20)18-11-14(19)12-6-8-13(16)9-7-12/h6-9,14,19H,2-5,10-11H2,1H3,(H2,17,18,20)/t14-/m1/s1. The normalized spacial score (nSPS) is 11.9. The molecule has 1 rings (SSSR count). The summed E-state index contributed by atoms with van der Waals surface area (Å²) in [6.07, 6.45) is 3.77. The molecule has 0 unspecified atom stereocenters. The highest BCUT2D eigenvalue weighted by atomic mass is 35.5. The number of rotatable bonds is 8. The number of hydrogen-bond acceptors (Lipinski definition) is 2. The maximum atomic E-state index is 11.5. The van der Waals surface area contributed by atoms with Crippen LogP contribution in [0.25, 0.3) is 0 Å². The van der Waals surface area contributed by atoms with Gasteiger partial charge in [0, 0.05) is 18.1 Å². The smallest absolute Gasteiger partial charge is 0.314 e. The predicted molar refractivity (Wildman–Crippen MR) is 82.0 cm³/mol. The molecule has 0 saturated carbocycles. The van der Waals surface area contributed by atoms with Gasteiger partial charge in [-0.2, -0.15) is 0 Å². The summed E-state index contributed by atoms with van der Waals surface area (Å²) >= 11 is 5.78. The number of halogens is 1. The molecule has 0 spiro atoms. The highest BCUT2D eigenvalue weighted by Gasteiger charge is 2.08. The number of nitrogens with one attached hydrogen (secondary N) is 2. The maximum absolute atomic E-state index is 11.5. The van der Waals surface area contributed by atoms with Gasteiger partial charge in [-0.3, -0.25) is 0 Å². The van der Waals surface area contributed by atoms with Crippen LogP contribution in [0.4, 0.5) is 4.79 Å². The van der Waals surface area contributed by atoms with E-state index in [4.69, 9.17) is 11.6 Å². The molecule has 0 radical (unpaired) electrons. The van der Waals surface area contributed by atoms with E-state index in [9.17, 15) is 9.90 Å². The number of hydrogen-bond donors (Lipinski definition) is 3. The predicted octanol–water partition coefficient (Wildman–Crippen LogP) is 3.25. The SMILES string of the molecule is CCCCCCNC(=O)NC[C@@H](O)c1ccc(Cl)cc1. The lowest BCUT2D eigenvalue weighted by molar-refractivity contribution is 0.173. The van der Waals surface area contributed by atoms with Crippen LogP contribution in [0.2, 0.25) is 5.02 Å². The van der Waals surface area contributed by atoms with Crippen molar-refractivity contribution in [3.05, 3.63) is 34.9 Å². The highest BCUT2D eigenvalue weighted by Crippen LogP contribution is 2.15. The quantitative estimate of drug-likeness (QED) is 0.645. The molecular weight excluding hydrogens is 276 g/mol. The van der Waals surface area contributed by atoms with Crippen molar-refractivity contribution < 1.29 is 9.90 Å². The summed E-state index contributed by atoms with van der Waals surface area (Å²) in [5, 5.41) is 16.0. The summed E-state index contributed by atoms with van der Waals surface area (Å²) < 4.78 is 0. The van der Waals surface area contributed by atoms with Gasteiger partial charge in [-0.15, -0.1) is 0 Å². The van der Waals surface area contributed by atoms with E-state index < -0.39 is 6.10 Å². The van der Waals surface area contributed by atoms with Crippen LogP contribution in [0, 0.1) is 0 Å². The average molecular weight is 299 g/mol. The van der Waals surface area contributed by atoms with E-state index in [1.165, 1.54) is 12.8 Å². The summed E-state index contributed by atoms with van der Waals surface area (Å²) in [4.78, 5) is 11.5. The van der Waals surface area contributed by atoms with Crippen molar-refractivity contribution in [1.82, 2.24) is 10.6 Å². The maximum Gasteiger partial charge on any atom is 0.314 e. The van der Waals surface area contributed by atoms with Gasteiger partial charge < -0.3 is 15.7 Å². The second-order valence-corrected chi connectivity index (χ2v) is 5.20. The summed E-state index contributed by atoms with van der Waals surface area (Å²) in [6.45, 7) is 3.00. The van der Waals surface area contributed by atoms with E-state index in [0.717, 1.165) is 18.4 Å². The van der Waals surface area contributed by atoms with Crippen LogP contribution in [0.5, 0.6) is 0 Å². The van der Waals surface area contributed by atoms with Gasteiger partial charge in [0.05, 0.1) is 6.10 Å². The number of carbonyl (C=O) groups is 1. The van der Waals surface area contributed by atoms with Gasteiger partial charge >= 0.3 is 6.03 Å². The average Bonchev–Trinajstić information content (AvgIpc) is 2.45. The Morgan fingerprint density at radius 1 is 1.20 bits per heavy atom. The number of aliphatic hydroxyl groups excluding tert-OH is 1. The molecule has 0 heterocycles. The van der Waals surface area contributed by atoms with Gasteiger partial charge in [-0.05, 0) is 24.1 Å². The van der Waals surface area contributed by atoms with Crippen molar-refractivity contribution in [2.75, 3.05) is 13.1 Å². The molecule has 0 aliphatic rings. The van der Waals surface area contributed by atoms with Gasteiger partial charge in [0.2, 0.25) is 0 Å². The van der Waals surface area contributed by atoms with Gasteiger partial charge in [-0.1, -0.05) is 49.9 Å². The molecule has 5 heteroatoms. The van der Waals surface area contributed by atoms with E-state index >= 15 is 0 Å². The molecule has 1 atom stereocenters. The van der Waals surface area contributed by atoms with Crippen LogP contribution in [-0.2, 0) is 0 Å². The molecule has 2 amide bonds. The molecule has 0 bridgehead atoms. The third-order valence-electron chi connectivity index (χ3n) is 3.03. The lowest BCUT2D eigenvalue weighted by Gasteiger charge is -2.13. The number of carbonyl (C=O) groups excluding carboxylic acids is 1. The third-order valence-corrected chi connectivity index (χ3v) is 3.28. The van der Waals surface area contributed by atoms with Crippen LogP contribution < -0.4 is 10.6 Å². The van der Waals surface area contributed by atoms with E-state index in [2.05, 4.69) is 17.6 Å². The Morgan fingerprint density at radius 3 is 2.55 bits per heavy atom. The third kappa shape index (κ3) is 6.78. The Bertz CT molecular complexity index is 395. The topological polar surface area (TPSA) is 61.4 Å². The Morgan fingerprint density at radius 2 is 1.90 bits per heavy atom. The Kier molecular flexibility index (Phi) is 8.07. The van der Waals surface area contributed by atoms with Crippen molar-refractivity contribution in [2.24, 2.45) is 0 Å². The van der Waals surface area contributed by atoms with Gasteiger partial charge in [0.1, 0.15) is 0 Å². The number of benzene rings is 1. The van der Waals surface area contributed by atoms with E-state index in [0.29, 0.717) is 11.6 Å². The second kappa shape index (κ2) is 9.61. The number of unbranched alkanes of at least 4 members (excludes halogenated alkanes) is 3. The van der Waals surface area contributed by atoms with E-state index in [1.54, 1.807) is 24.3 Å². The number of urea groups is 1. The van der Waals surface area contributed by atoms with E-state index in [-0.39, 0.29) is 12.6 Å². The molecule has 1 aromatic rings. The first-order valence-corrected chi connectivity index (χ1v) is 7.46. The zero-order valence-electron chi connectivity index (χ0n) is 11.9. The van der Waals surface area contributed by atoms with Crippen LogP contribution in [0.15, 0.2) is 24.3 Å². The highest BCUT2D eigenvalue weighted by molar-refractivity contribution is 6.30. The van der Waals surface area contributed by atoms with Crippen LogP contribution >= 0.6 is 11.6 Å². The number of amides is 2. The van der Waals surface area contributed by atoms with Gasteiger partial charge in [0.15, 0.2) is 0 Å². The molecule has 3 N–H and O–H groups in total. The minimum atomic E-state index is -0.724. The molecule has 0 aliphatic carbocycles. The lowest BCUT2D eigenvalue weighted by Crippen LogP contribution is -2.38. The van der Waals surface area contributed by atoms with Crippen molar-refractivity contribution in [2.45, 2.75) is 38.7 Å². The van der Waals surface area contributed by atoms with Crippen LogP contribution in [0.3, 0.4) is 0 Å². The van der Waals surface area contributed by atoms with Crippen molar-refractivity contribution in [3.8, 4) is 0 Å². The first-order valence-electron chi connectivity index (χ1n) is 7.08. The van der Waals surface area contributed by atoms with Crippen LogP contribution in [-0.4, -0.2) is 24.2 Å². The Labute approximate surface area is 125 Å². The summed E-state index contributed by atoms with van der Waals surface area (Å²) in [5.74, 6) is 0. The molecule has 0 aliphatic heterocycles. The zero-order valence-corrected chi connectivity index (χ0v) is 12.6. The van der Waals surface area contributed by atoms with Crippen molar-refractivity contribution in [1.29, 1.82) is 0 Å². The molecule has 20 heavy (non-hydrogen) atoms. The van der Waals surface area contributed by atoms with Gasteiger partial charge in [0.25, 0.3) is 0 Å². The first-order chi connectivity index (χ1) is 9.63. The molecule has 1 aromatic carbocycles. The molecule has 112 valence electrons. The molecule has 0 aromatic heterocycles. The first kappa shape index (κ1) is 16.8. The van der Waals surface area contributed by atoms with Crippen LogP contribution in [0.1, 0.15) is 44.3 Å². The monoisotopic (exact) mass is 298 g/mol. The lowest BCUT2D eigenvalue weighted by atomic mass is 10.1. The fourth-order valence-corrected chi connectivity index (χ4v) is 1.93. The largest absolute Gasteiger partial charge is 0.387 e. The summed E-state index contributed by atoms with van der Waals surface area (Å²) in [7, 11) is 0. The minimum Gasteiger partial charge on any atom is -0.387 e. The molecule has 0 saturated heterocycles. The fourth-order valence-electron chi connectivity index (χ4n) is 1.81. The zero-order chi connectivity index (χ0) is 14.8. The Hall–Kier alpha value is -1.26. The van der Waals surface area contributed by atoms with Crippen molar-refractivity contribution >= 4 is 17.6 Å². The minimum absolute atomic E-state index is 0.183. The molecule has 4 nitrogen and oxygen atoms in total. The fraction of sp³-hybridized carbons (Fsp3) is 0.533. The second-order valence-electron chi connectivity index (χ2n) is 4.76. The molecular formula is C15H23ClN2O2. The van der Waals surface area contributed by atoms with Gasteiger partial charge in [-0.25, -0.2) is 4.79 Å². The van der Waals surface area contributed by atoms with E-state index in [1.807, 2.05) is 0 Å². The molecule has 0 fully saturated rings. The Balaban J connectivity index is 2.18. The van der Waals surface area contributed by atoms with Crippen molar-refractivity contribution in [3.63, 3.8) is 0 Å². The summed E-state index contributed by atoms with van der Waals surface area (Å²) in [6, 6.07) is 6.69. The number of aliphatic hydroxyl groups is 1.